The van der Waals surface area contributed by atoms with Gasteiger partial charge in [-0.2, -0.15) is 9.78 Å². The Morgan fingerprint density at radius 3 is 2.80 bits per heavy atom. The molecule has 0 aliphatic rings. The Bertz CT molecular complexity index is 1090. The van der Waals surface area contributed by atoms with Crippen molar-refractivity contribution in [2.75, 3.05) is 0 Å². The molecule has 0 amide bonds. The molecule has 126 valence electrons. The lowest BCUT2D eigenvalue weighted by Gasteiger charge is -2.05. The van der Waals surface area contributed by atoms with Gasteiger partial charge in [0.25, 0.3) is 11.2 Å². The third-order valence-corrected chi connectivity index (χ3v) is 4.27. The Kier molecular flexibility index (Phi) is 4.65. The molecule has 0 saturated heterocycles. The van der Waals surface area contributed by atoms with Crippen molar-refractivity contribution >= 4 is 50.3 Å². The van der Waals surface area contributed by atoms with E-state index in [0.29, 0.717) is 22.3 Å². The van der Waals surface area contributed by atoms with E-state index in [1.54, 1.807) is 31.2 Å². The van der Waals surface area contributed by atoms with Crippen molar-refractivity contribution in [3.05, 3.63) is 77.7 Å². The molecule has 9 heteroatoms. The average molecular weight is 422 g/mol. The van der Waals surface area contributed by atoms with Gasteiger partial charge in [-0.15, -0.1) is 0 Å². The lowest BCUT2D eigenvalue weighted by molar-refractivity contribution is -0.384. The standard InChI is InChI=1S/C16H10BrClN4O3/c1-9-20-14-5-3-11(17)7-12(14)16(23)21(9)19-8-10-2-4-13(18)15(6-10)22(24)25/h2-8H,1H3. The Balaban J connectivity index is 2.09. The summed E-state index contributed by atoms with van der Waals surface area (Å²) in [4.78, 5) is 27.3. The highest BCUT2D eigenvalue weighted by molar-refractivity contribution is 9.10. The van der Waals surface area contributed by atoms with Crippen molar-refractivity contribution in [2.45, 2.75) is 6.92 Å². The maximum absolute atomic E-state index is 12.6. The number of hydrogen-bond acceptors (Lipinski definition) is 5. The van der Waals surface area contributed by atoms with Crippen LogP contribution < -0.4 is 5.56 Å². The predicted octanol–water partition coefficient (Wildman–Crippen LogP) is 3.91. The molecule has 1 heterocycles. The number of nitro benzene ring substituents is 1. The van der Waals surface area contributed by atoms with Gasteiger partial charge in [0.1, 0.15) is 10.8 Å². The summed E-state index contributed by atoms with van der Waals surface area (Å²) < 4.78 is 1.90. The molecule has 0 aliphatic carbocycles. The molecule has 3 rings (SSSR count). The van der Waals surface area contributed by atoms with Crippen LogP contribution in [0.25, 0.3) is 10.9 Å². The van der Waals surface area contributed by atoms with E-state index >= 15 is 0 Å². The van der Waals surface area contributed by atoms with E-state index in [1.165, 1.54) is 18.3 Å². The predicted molar refractivity (Wildman–Crippen MR) is 99.5 cm³/mol. The van der Waals surface area contributed by atoms with Gasteiger partial charge in [0, 0.05) is 16.1 Å². The maximum atomic E-state index is 12.6. The molecule has 0 aliphatic heterocycles. The van der Waals surface area contributed by atoms with E-state index < -0.39 is 4.92 Å². The molecule has 0 N–H and O–H groups in total. The first-order chi connectivity index (χ1) is 11.9. The van der Waals surface area contributed by atoms with E-state index in [4.69, 9.17) is 11.6 Å². The van der Waals surface area contributed by atoms with Crippen LogP contribution >= 0.6 is 27.5 Å². The van der Waals surface area contributed by atoms with E-state index in [9.17, 15) is 14.9 Å². The zero-order chi connectivity index (χ0) is 18.1. The number of aryl methyl sites for hydroxylation is 1. The summed E-state index contributed by atoms with van der Waals surface area (Å²) >= 11 is 9.11. The molecule has 1 aromatic heterocycles. The highest BCUT2D eigenvalue weighted by atomic mass is 79.9. The normalized spacial score (nSPS) is 11.3. The third kappa shape index (κ3) is 3.45. The summed E-state index contributed by atoms with van der Waals surface area (Å²) in [6, 6.07) is 9.48. The van der Waals surface area contributed by atoms with Crippen LogP contribution in [0.5, 0.6) is 0 Å². The van der Waals surface area contributed by atoms with Crippen molar-refractivity contribution in [1.82, 2.24) is 9.66 Å². The molecule has 0 bridgehead atoms. The summed E-state index contributed by atoms with van der Waals surface area (Å²) in [5.41, 5.74) is 0.454. The van der Waals surface area contributed by atoms with Crippen LogP contribution in [0, 0.1) is 17.0 Å². The molecule has 3 aromatic rings. The van der Waals surface area contributed by atoms with Gasteiger partial charge in [0.2, 0.25) is 0 Å². The summed E-state index contributed by atoms with van der Waals surface area (Å²) in [6.45, 7) is 1.66. The van der Waals surface area contributed by atoms with Crippen LogP contribution in [0.1, 0.15) is 11.4 Å². The lowest BCUT2D eigenvalue weighted by atomic mass is 10.2. The number of nitrogens with zero attached hydrogens (tertiary/aromatic N) is 4. The van der Waals surface area contributed by atoms with Gasteiger partial charge in [-0.05, 0) is 31.2 Å². The molecular formula is C16H10BrClN4O3. The molecule has 0 unspecified atom stereocenters. The van der Waals surface area contributed by atoms with Crippen molar-refractivity contribution in [2.24, 2.45) is 5.10 Å². The number of halogens is 2. The minimum atomic E-state index is -0.577. The average Bonchev–Trinajstić information content (AvgIpc) is 2.56. The van der Waals surface area contributed by atoms with Gasteiger partial charge in [-0.25, -0.2) is 4.98 Å². The summed E-state index contributed by atoms with van der Waals surface area (Å²) in [6.07, 6.45) is 1.35. The fourth-order valence-electron chi connectivity index (χ4n) is 2.27. The fraction of sp³-hybridized carbons (Fsp3) is 0.0625. The van der Waals surface area contributed by atoms with Gasteiger partial charge < -0.3 is 0 Å². The molecule has 2 aromatic carbocycles. The first-order valence-corrected chi connectivity index (χ1v) is 8.21. The fourth-order valence-corrected chi connectivity index (χ4v) is 2.82. The van der Waals surface area contributed by atoms with Crippen LogP contribution in [-0.2, 0) is 0 Å². The number of aromatic nitrogens is 2. The Morgan fingerprint density at radius 2 is 2.08 bits per heavy atom. The van der Waals surface area contributed by atoms with Gasteiger partial charge >= 0.3 is 0 Å². The van der Waals surface area contributed by atoms with Crippen LogP contribution in [0.2, 0.25) is 5.02 Å². The second kappa shape index (κ2) is 6.73. The van der Waals surface area contributed by atoms with Crippen molar-refractivity contribution in [3.63, 3.8) is 0 Å². The number of hydrogen-bond donors (Lipinski definition) is 0. The van der Waals surface area contributed by atoms with E-state index in [-0.39, 0.29) is 16.3 Å². The number of benzene rings is 2. The largest absolute Gasteiger partial charge is 0.288 e. The lowest BCUT2D eigenvalue weighted by Crippen LogP contribution is -2.20. The highest BCUT2D eigenvalue weighted by Gasteiger charge is 2.12. The molecule has 0 saturated carbocycles. The number of fused-ring (bicyclic) bond motifs is 1. The van der Waals surface area contributed by atoms with Crippen LogP contribution in [0.15, 0.2) is 50.8 Å². The monoisotopic (exact) mass is 420 g/mol. The molecule has 25 heavy (non-hydrogen) atoms. The maximum Gasteiger partial charge on any atom is 0.288 e. The Labute approximate surface area is 154 Å². The molecule has 0 radical (unpaired) electrons. The van der Waals surface area contributed by atoms with E-state index in [0.717, 1.165) is 9.15 Å². The van der Waals surface area contributed by atoms with Gasteiger partial charge in [-0.1, -0.05) is 33.6 Å². The number of rotatable bonds is 3. The molecule has 0 spiro atoms. The van der Waals surface area contributed by atoms with Crippen LogP contribution in [-0.4, -0.2) is 20.8 Å². The third-order valence-electron chi connectivity index (χ3n) is 3.46. The second-order valence-corrected chi connectivity index (χ2v) is 6.47. The molecule has 7 nitrogen and oxygen atoms in total. The van der Waals surface area contributed by atoms with Gasteiger partial charge in [0.15, 0.2) is 0 Å². The SMILES string of the molecule is Cc1nc2ccc(Br)cc2c(=O)n1N=Cc1ccc(Cl)c([N+](=O)[O-])c1. The Hall–Kier alpha value is -2.58. The second-order valence-electron chi connectivity index (χ2n) is 5.15. The highest BCUT2D eigenvalue weighted by Crippen LogP contribution is 2.24. The number of nitro groups is 1. The van der Waals surface area contributed by atoms with E-state index in [2.05, 4.69) is 26.0 Å². The first kappa shape index (κ1) is 17.2. The smallest absolute Gasteiger partial charge is 0.267 e. The van der Waals surface area contributed by atoms with Crippen LogP contribution in [0.4, 0.5) is 5.69 Å². The topological polar surface area (TPSA) is 90.4 Å². The van der Waals surface area contributed by atoms with E-state index in [1.807, 2.05) is 0 Å². The zero-order valence-electron chi connectivity index (χ0n) is 12.8. The minimum Gasteiger partial charge on any atom is -0.267 e. The molecule has 0 fully saturated rings. The van der Waals surface area contributed by atoms with Gasteiger partial charge in [-0.3, -0.25) is 14.9 Å². The van der Waals surface area contributed by atoms with Crippen molar-refractivity contribution < 1.29 is 4.92 Å². The minimum absolute atomic E-state index is 0.0349. The first-order valence-electron chi connectivity index (χ1n) is 7.04. The summed E-state index contributed by atoms with van der Waals surface area (Å²) in [5, 5.41) is 15.5. The Morgan fingerprint density at radius 1 is 1.32 bits per heavy atom. The summed E-state index contributed by atoms with van der Waals surface area (Å²) in [7, 11) is 0. The van der Waals surface area contributed by atoms with Crippen molar-refractivity contribution in [3.8, 4) is 0 Å². The zero-order valence-corrected chi connectivity index (χ0v) is 15.2. The molecular weight excluding hydrogens is 412 g/mol. The van der Waals surface area contributed by atoms with Crippen LogP contribution in [0.3, 0.4) is 0 Å². The van der Waals surface area contributed by atoms with Gasteiger partial charge in [0.05, 0.1) is 22.0 Å². The molecule has 0 atom stereocenters. The van der Waals surface area contributed by atoms with Crippen molar-refractivity contribution in [1.29, 1.82) is 0 Å². The summed E-state index contributed by atoms with van der Waals surface area (Å²) in [5.74, 6) is 0.402. The quantitative estimate of drug-likeness (QED) is 0.364.